The molecule has 1 aromatic rings. The van der Waals surface area contributed by atoms with Gasteiger partial charge < -0.3 is 4.74 Å². The summed E-state index contributed by atoms with van der Waals surface area (Å²) in [6, 6.07) is 4.27. The predicted molar refractivity (Wildman–Crippen MR) is 83.4 cm³/mol. The van der Waals surface area contributed by atoms with E-state index in [1.165, 1.54) is 18.2 Å². The highest BCUT2D eigenvalue weighted by molar-refractivity contribution is 9.09. The standard InChI is InChI=1S/C12H14BrCl2NO3S/c13-8-12(1-3-19-4-2-12)16-20(17,18)11-6-9(14)5-10(15)7-11/h5-7,16H,1-4,8H2. The SMILES string of the molecule is O=S(=O)(NC1(CBr)CCOCC1)c1cc(Cl)cc(Cl)c1. The summed E-state index contributed by atoms with van der Waals surface area (Å²) in [7, 11) is -3.68. The lowest BCUT2D eigenvalue weighted by atomic mass is 9.94. The zero-order chi connectivity index (χ0) is 14.8. The van der Waals surface area contributed by atoms with Crippen molar-refractivity contribution in [3.63, 3.8) is 0 Å². The van der Waals surface area contributed by atoms with Gasteiger partial charge in [-0.2, -0.15) is 0 Å². The molecule has 1 aromatic carbocycles. The lowest BCUT2D eigenvalue weighted by molar-refractivity contribution is 0.0557. The van der Waals surface area contributed by atoms with Gasteiger partial charge in [0.2, 0.25) is 10.0 Å². The highest BCUT2D eigenvalue weighted by Crippen LogP contribution is 2.28. The van der Waals surface area contributed by atoms with Gasteiger partial charge in [0.15, 0.2) is 0 Å². The van der Waals surface area contributed by atoms with Crippen LogP contribution in [0.15, 0.2) is 23.1 Å². The van der Waals surface area contributed by atoms with Crippen LogP contribution in [0, 0.1) is 0 Å². The van der Waals surface area contributed by atoms with E-state index in [9.17, 15) is 8.42 Å². The molecule has 1 N–H and O–H groups in total. The van der Waals surface area contributed by atoms with Gasteiger partial charge in [-0.3, -0.25) is 0 Å². The van der Waals surface area contributed by atoms with E-state index >= 15 is 0 Å². The summed E-state index contributed by atoms with van der Waals surface area (Å²) < 4.78 is 33.0. The summed E-state index contributed by atoms with van der Waals surface area (Å²) in [6.45, 7) is 1.06. The summed E-state index contributed by atoms with van der Waals surface area (Å²) in [4.78, 5) is 0.0711. The van der Waals surface area contributed by atoms with E-state index in [1.807, 2.05) is 0 Å². The fraction of sp³-hybridized carbons (Fsp3) is 0.500. The van der Waals surface area contributed by atoms with E-state index in [0.717, 1.165) is 0 Å². The molecular formula is C12H14BrCl2NO3S. The topological polar surface area (TPSA) is 55.4 Å². The van der Waals surface area contributed by atoms with Gasteiger partial charge >= 0.3 is 0 Å². The summed E-state index contributed by atoms with van der Waals surface area (Å²) >= 11 is 15.1. The summed E-state index contributed by atoms with van der Waals surface area (Å²) in [6.07, 6.45) is 1.23. The monoisotopic (exact) mass is 401 g/mol. The van der Waals surface area contributed by atoms with Crippen molar-refractivity contribution in [3.8, 4) is 0 Å². The van der Waals surface area contributed by atoms with Crippen LogP contribution in [0.1, 0.15) is 12.8 Å². The van der Waals surface area contributed by atoms with Crippen molar-refractivity contribution in [2.75, 3.05) is 18.5 Å². The molecule has 0 amide bonds. The zero-order valence-electron chi connectivity index (χ0n) is 10.5. The average molecular weight is 403 g/mol. The van der Waals surface area contributed by atoms with Crippen LogP contribution in [-0.2, 0) is 14.8 Å². The fourth-order valence-corrected chi connectivity index (χ4v) is 5.12. The van der Waals surface area contributed by atoms with Gasteiger partial charge in [0, 0.05) is 34.1 Å². The number of sulfonamides is 1. The van der Waals surface area contributed by atoms with E-state index in [4.69, 9.17) is 27.9 Å². The Hall–Kier alpha value is 0.150. The summed E-state index contributed by atoms with van der Waals surface area (Å²) in [5, 5.41) is 1.10. The Kier molecular flexibility index (Phi) is 5.37. The Balaban J connectivity index is 2.30. The third-order valence-corrected chi connectivity index (χ3v) is 6.27. The summed E-state index contributed by atoms with van der Waals surface area (Å²) in [5.74, 6) is 0. The van der Waals surface area contributed by atoms with Gasteiger partial charge in [-0.15, -0.1) is 0 Å². The first-order valence-corrected chi connectivity index (χ1v) is 9.37. The molecule has 0 spiro atoms. The minimum absolute atomic E-state index is 0.0711. The normalized spacial score (nSPS) is 18.9. The number of alkyl halides is 1. The minimum atomic E-state index is -3.68. The Morgan fingerprint density at radius 1 is 1.20 bits per heavy atom. The van der Waals surface area contributed by atoms with E-state index in [-0.39, 0.29) is 14.9 Å². The van der Waals surface area contributed by atoms with Gasteiger partial charge in [-0.05, 0) is 31.0 Å². The lowest BCUT2D eigenvalue weighted by Gasteiger charge is -2.36. The minimum Gasteiger partial charge on any atom is -0.381 e. The van der Waals surface area contributed by atoms with Crippen LogP contribution in [0.25, 0.3) is 0 Å². The van der Waals surface area contributed by atoms with Crippen LogP contribution in [0.2, 0.25) is 10.0 Å². The number of hydrogen-bond donors (Lipinski definition) is 1. The van der Waals surface area contributed by atoms with Crippen LogP contribution in [0.4, 0.5) is 0 Å². The second kappa shape index (κ2) is 6.50. The third kappa shape index (κ3) is 3.87. The molecule has 1 saturated heterocycles. The van der Waals surface area contributed by atoms with E-state index in [0.29, 0.717) is 31.4 Å². The number of halogens is 3. The van der Waals surface area contributed by atoms with Crippen molar-refractivity contribution in [2.45, 2.75) is 23.3 Å². The van der Waals surface area contributed by atoms with Crippen molar-refractivity contribution < 1.29 is 13.2 Å². The first-order chi connectivity index (χ1) is 9.37. The zero-order valence-corrected chi connectivity index (χ0v) is 14.4. The summed E-state index contributed by atoms with van der Waals surface area (Å²) in [5.41, 5.74) is -0.536. The molecule has 0 aromatic heterocycles. The second-order valence-electron chi connectivity index (χ2n) is 4.74. The van der Waals surface area contributed by atoms with Gasteiger partial charge in [0.25, 0.3) is 0 Å². The number of benzene rings is 1. The molecule has 0 radical (unpaired) electrons. The van der Waals surface area contributed by atoms with Crippen LogP contribution in [0.3, 0.4) is 0 Å². The van der Waals surface area contributed by atoms with Crippen LogP contribution in [0.5, 0.6) is 0 Å². The molecule has 1 heterocycles. The molecule has 0 atom stereocenters. The van der Waals surface area contributed by atoms with E-state index < -0.39 is 15.6 Å². The molecule has 1 aliphatic heterocycles. The first-order valence-electron chi connectivity index (χ1n) is 6.01. The van der Waals surface area contributed by atoms with Crippen LogP contribution < -0.4 is 4.72 Å². The van der Waals surface area contributed by atoms with Gasteiger partial charge in [-0.1, -0.05) is 39.1 Å². The maximum absolute atomic E-state index is 12.5. The highest BCUT2D eigenvalue weighted by atomic mass is 79.9. The van der Waals surface area contributed by atoms with Crippen molar-refractivity contribution in [1.82, 2.24) is 4.72 Å². The number of rotatable bonds is 4. The average Bonchev–Trinajstić information content (AvgIpc) is 2.38. The Labute approximate surface area is 137 Å². The van der Waals surface area contributed by atoms with Gasteiger partial charge in [0.05, 0.1) is 4.90 Å². The van der Waals surface area contributed by atoms with Gasteiger partial charge in [-0.25, -0.2) is 13.1 Å². The molecule has 1 fully saturated rings. The molecule has 2 rings (SSSR count). The first kappa shape index (κ1) is 16.5. The molecular weight excluding hydrogens is 389 g/mol. The Bertz CT molecular complexity index is 568. The highest BCUT2D eigenvalue weighted by Gasteiger charge is 2.36. The quantitative estimate of drug-likeness (QED) is 0.786. The Morgan fingerprint density at radius 3 is 2.25 bits per heavy atom. The molecule has 20 heavy (non-hydrogen) atoms. The second-order valence-corrected chi connectivity index (χ2v) is 7.85. The smallest absolute Gasteiger partial charge is 0.241 e. The molecule has 1 aliphatic rings. The maximum atomic E-state index is 12.5. The van der Waals surface area contributed by atoms with Crippen molar-refractivity contribution in [3.05, 3.63) is 28.2 Å². The third-order valence-electron chi connectivity index (χ3n) is 3.20. The van der Waals surface area contributed by atoms with Gasteiger partial charge in [0.1, 0.15) is 0 Å². The van der Waals surface area contributed by atoms with Crippen molar-refractivity contribution in [2.24, 2.45) is 0 Å². The number of ether oxygens (including phenoxy) is 1. The number of hydrogen-bond acceptors (Lipinski definition) is 3. The molecule has 0 aliphatic carbocycles. The van der Waals surface area contributed by atoms with Crippen molar-refractivity contribution in [1.29, 1.82) is 0 Å². The molecule has 0 bridgehead atoms. The predicted octanol–water partition coefficient (Wildman–Crippen LogP) is 3.22. The molecule has 0 saturated carbocycles. The van der Waals surface area contributed by atoms with Crippen molar-refractivity contribution >= 4 is 49.2 Å². The maximum Gasteiger partial charge on any atom is 0.241 e. The molecule has 4 nitrogen and oxygen atoms in total. The largest absolute Gasteiger partial charge is 0.381 e. The lowest BCUT2D eigenvalue weighted by Crippen LogP contribution is -2.53. The molecule has 112 valence electrons. The number of nitrogens with one attached hydrogen (secondary N) is 1. The molecule has 8 heteroatoms. The van der Waals surface area contributed by atoms with E-state index in [1.54, 1.807) is 0 Å². The van der Waals surface area contributed by atoms with Crippen LogP contribution in [-0.4, -0.2) is 32.5 Å². The molecule has 0 unspecified atom stereocenters. The van der Waals surface area contributed by atoms with Crippen LogP contribution >= 0.6 is 39.1 Å². The van der Waals surface area contributed by atoms with E-state index in [2.05, 4.69) is 20.7 Å². The fourth-order valence-electron chi connectivity index (χ4n) is 2.05. The Morgan fingerprint density at radius 2 is 1.75 bits per heavy atom.